The van der Waals surface area contributed by atoms with E-state index in [0.717, 1.165) is 0 Å². The third-order valence-corrected chi connectivity index (χ3v) is 4.08. The number of piperidine rings is 1. The summed E-state index contributed by atoms with van der Waals surface area (Å²) in [5, 5.41) is 7.27. The van der Waals surface area contributed by atoms with Gasteiger partial charge in [-0.3, -0.25) is 0 Å². The summed E-state index contributed by atoms with van der Waals surface area (Å²) in [4.78, 5) is 0. The predicted octanol–water partition coefficient (Wildman–Crippen LogP) is 1.91. The summed E-state index contributed by atoms with van der Waals surface area (Å²) in [6, 6.07) is 0. The number of nitrogens with one attached hydrogen (secondary N) is 2. The summed E-state index contributed by atoms with van der Waals surface area (Å²) in [5.41, 5.74) is 0.970. The molecule has 0 aromatic heterocycles. The molecule has 82 valence electrons. The summed E-state index contributed by atoms with van der Waals surface area (Å²) in [6.45, 7) is 8.38. The molecule has 1 heterocycles. The molecule has 1 atom stereocenters. The molecular formula is C12H24N2. The normalized spacial score (nSPS) is 36.4. The van der Waals surface area contributed by atoms with Crippen molar-refractivity contribution in [3.05, 3.63) is 0 Å². The van der Waals surface area contributed by atoms with E-state index in [0.29, 0.717) is 11.0 Å². The first-order valence-electron chi connectivity index (χ1n) is 6.08. The van der Waals surface area contributed by atoms with Crippen LogP contribution in [0.1, 0.15) is 46.0 Å². The molecule has 2 rings (SSSR count). The largest absolute Gasteiger partial charge is 0.316 e. The molecule has 0 amide bonds. The van der Waals surface area contributed by atoms with Crippen molar-refractivity contribution >= 4 is 0 Å². The third kappa shape index (κ3) is 2.29. The van der Waals surface area contributed by atoms with Crippen molar-refractivity contribution in [2.75, 3.05) is 19.6 Å². The van der Waals surface area contributed by atoms with Crippen LogP contribution in [0.25, 0.3) is 0 Å². The van der Waals surface area contributed by atoms with Gasteiger partial charge in [-0.1, -0.05) is 6.92 Å². The van der Waals surface area contributed by atoms with Gasteiger partial charge in [-0.2, -0.15) is 0 Å². The first-order chi connectivity index (χ1) is 6.62. The van der Waals surface area contributed by atoms with E-state index >= 15 is 0 Å². The van der Waals surface area contributed by atoms with Crippen LogP contribution in [0.5, 0.6) is 0 Å². The molecular weight excluding hydrogens is 172 g/mol. The van der Waals surface area contributed by atoms with E-state index in [-0.39, 0.29) is 0 Å². The Hall–Kier alpha value is -0.0800. The van der Waals surface area contributed by atoms with E-state index in [2.05, 4.69) is 24.5 Å². The summed E-state index contributed by atoms with van der Waals surface area (Å²) < 4.78 is 0. The molecule has 0 radical (unpaired) electrons. The van der Waals surface area contributed by atoms with Gasteiger partial charge >= 0.3 is 0 Å². The molecule has 0 aromatic carbocycles. The molecule has 1 aliphatic carbocycles. The maximum absolute atomic E-state index is 3.77. The number of hydrogen-bond acceptors (Lipinski definition) is 2. The monoisotopic (exact) mass is 196 g/mol. The Labute approximate surface area is 87.8 Å². The van der Waals surface area contributed by atoms with Gasteiger partial charge in [0.05, 0.1) is 0 Å². The average molecular weight is 196 g/mol. The van der Waals surface area contributed by atoms with Gasteiger partial charge in [0.1, 0.15) is 0 Å². The Kier molecular flexibility index (Phi) is 2.85. The molecule has 14 heavy (non-hydrogen) atoms. The van der Waals surface area contributed by atoms with E-state index in [1.165, 1.54) is 51.7 Å². The average Bonchev–Trinajstić information content (AvgIpc) is 2.13. The highest BCUT2D eigenvalue weighted by Crippen LogP contribution is 2.33. The van der Waals surface area contributed by atoms with Gasteiger partial charge in [-0.05, 0) is 51.0 Å². The second kappa shape index (κ2) is 3.82. The van der Waals surface area contributed by atoms with Crippen LogP contribution in [0.15, 0.2) is 0 Å². The van der Waals surface area contributed by atoms with Crippen LogP contribution in [-0.4, -0.2) is 25.2 Å². The molecule has 2 N–H and O–H groups in total. The zero-order valence-electron chi connectivity index (χ0n) is 9.66. The van der Waals surface area contributed by atoms with Crippen molar-refractivity contribution in [1.82, 2.24) is 10.6 Å². The molecule has 0 aromatic rings. The molecule has 1 unspecified atom stereocenters. The van der Waals surface area contributed by atoms with Gasteiger partial charge in [-0.15, -0.1) is 0 Å². The lowest BCUT2D eigenvalue weighted by Gasteiger charge is -2.44. The van der Waals surface area contributed by atoms with Crippen LogP contribution >= 0.6 is 0 Å². The van der Waals surface area contributed by atoms with Crippen molar-refractivity contribution in [2.45, 2.75) is 51.5 Å². The van der Waals surface area contributed by atoms with Crippen LogP contribution in [-0.2, 0) is 0 Å². The molecule has 0 spiro atoms. The molecule has 2 heteroatoms. The Morgan fingerprint density at radius 2 is 1.93 bits per heavy atom. The Bertz CT molecular complexity index is 190. The molecule has 1 aliphatic heterocycles. The van der Waals surface area contributed by atoms with E-state index in [4.69, 9.17) is 0 Å². The molecule has 2 nitrogen and oxygen atoms in total. The number of hydrogen-bond donors (Lipinski definition) is 2. The van der Waals surface area contributed by atoms with Crippen molar-refractivity contribution in [3.8, 4) is 0 Å². The standard InChI is InChI=1S/C12H24N2/c1-11(5-4-8-13-9-11)10-14-12(2)6-3-7-12/h13-14H,3-10H2,1-2H3. The first kappa shape index (κ1) is 10.4. The quantitative estimate of drug-likeness (QED) is 0.720. The third-order valence-electron chi connectivity index (χ3n) is 4.08. The molecule has 1 saturated heterocycles. The summed E-state index contributed by atoms with van der Waals surface area (Å²) in [5.74, 6) is 0. The van der Waals surface area contributed by atoms with E-state index < -0.39 is 0 Å². The van der Waals surface area contributed by atoms with E-state index in [1.54, 1.807) is 0 Å². The highest BCUT2D eigenvalue weighted by atomic mass is 15.0. The lowest BCUT2D eigenvalue weighted by molar-refractivity contribution is 0.151. The van der Waals surface area contributed by atoms with Crippen molar-refractivity contribution in [1.29, 1.82) is 0 Å². The SMILES string of the molecule is CC1(CNC2(C)CCC2)CCCNC1. The lowest BCUT2D eigenvalue weighted by atomic mass is 9.76. The van der Waals surface area contributed by atoms with Gasteiger partial charge < -0.3 is 10.6 Å². The van der Waals surface area contributed by atoms with Gasteiger partial charge in [0, 0.05) is 18.6 Å². The van der Waals surface area contributed by atoms with Crippen LogP contribution in [0, 0.1) is 5.41 Å². The van der Waals surface area contributed by atoms with Gasteiger partial charge in [-0.25, -0.2) is 0 Å². The maximum atomic E-state index is 3.77. The fourth-order valence-corrected chi connectivity index (χ4v) is 2.58. The lowest BCUT2D eigenvalue weighted by Crippen LogP contribution is -2.54. The number of rotatable bonds is 3. The second-order valence-electron chi connectivity index (χ2n) is 5.86. The van der Waals surface area contributed by atoms with Crippen molar-refractivity contribution < 1.29 is 0 Å². The first-order valence-corrected chi connectivity index (χ1v) is 6.08. The topological polar surface area (TPSA) is 24.1 Å². The van der Waals surface area contributed by atoms with Crippen LogP contribution in [0.4, 0.5) is 0 Å². The molecule has 0 bridgehead atoms. The highest BCUT2D eigenvalue weighted by Gasteiger charge is 2.34. The Morgan fingerprint density at radius 3 is 2.43 bits per heavy atom. The Morgan fingerprint density at radius 1 is 1.14 bits per heavy atom. The summed E-state index contributed by atoms with van der Waals surface area (Å²) in [6.07, 6.45) is 6.88. The Balaban J connectivity index is 1.77. The van der Waals surface area contributed by atoms with E-state index in [1.807, 2.05) is 0 Å². The van der Waals surface area contributed by atoms with E-state index in [9.17, 15) is 0 Å². The predicted molar refractivity (Wildman–Crippen MR) is 60.5 cm³/mol. The zero-order valence-corrected chi connectivity index (χ0v) is 9.66. The zero-order chi connectivity index (χ0) is 10.1. The van der Waals surface area contributed by atoms with Crippen molar-refractivity contribution in [3.63, 3.8) is 0 Å². The minimum absolute atomic E-state index is 0.473. The fraction of sp³-hybridized carbons (Fsp3) is 1.00. The van der Waals surface area contributed by atoms with Crippen molar-refractivity contribution in [2.24, 2.45) is 5.41 Å². The summed E-state index contributed by atoms with van der Waals surface area (Å²) >= 11 is 0. The van der Waals surface area contributed by atoms with Crippen LogP contribution in [0.3, 0.4) is 0 Å². The molecule has 2 fully saturated rings. The van der Waals surface area contributed by atoms with Crippen LogP contribution < -0.4 is 10.6 Å². The van der Waals surface area contributed by atoms with Gasteiger partial charge in [0.25, 0.3) is 0 Å². The molecule has 1 saturated carbocycles. The second-order valence-corrected chi connectivity index (χ2v) is 5.86. The van der Waals surface area contributed by atoms with Gasteiger partial charge in [0.2, 0.25) is 0 Å². The van der Waals surface area contributed by atoms with Crippen LogP contribution in [0.2, 0.25) is 0 Å². The fourth-order valence-electron chi connectivity index (χ4n) is 2.58. The minimum atomic E-state index is 0.473. The highest BCUT2D eigenvalue weighted by molar-refractivity contribution is 4.94. The van der Waals surface area contributed by atoms with Gasteiger partial charge in [0.15, 0.2) is 0 Å². The maximum Gasteiger partial charge on any atom is 0.0153 e. The smallest absolute Gasteiger partial charge is 0.0153 e. The minimum Gasteiger partial charge on any atom is -0.316 e. The summed E-state index contributed by atoms with van der Waals surface area (Å²) in [7, 11) is 0. The molecule has 2 aliphatic rings.